The van der Waals surface area contributed by atoms with Crippen LogP contribution in [0.5, 0.6) is 0 Å². The number of hydrogen-bond donors (Lipinski definition) is 1. The number of nitrogens with one attached hydrogen (secondary N) is 1. The normalized spacial score (nSPS) is 23.3. The van der Waals surface area contributed by atoms with Crippen LogP contribution in [-0.2, 0) is 38.5 Å². The Morgan fingerprint density at radius 1 is 1.31 bits per heavy atom. The molecule has 1 fully saturated rings. The second-order valence-electron chi connectivity index (χ2n) is 7.34. The maximum Gasteiger partial charge on any atom is 0.335 e. The maximum atomic E-state index is 13.3. The molecule has 3 atom stereocenters. The zero-order valence-electron chi connectivity index (χ0n) is 20.1. The van der Waals surface area contributed by atoms with Crippen LogP contribution in [0.15, 0.2) is 29.8 Å². The predicted molar refractivity (Wildman–Crippen MR) is 130 cm³/mol. The van der Waals surface area contributed by atoms with E-state index in [9.17, 15) is 17.6 Å². The Labute approximate surface area is 210 Å². The van der Waals surface area contributed by atoms with Gasteiger partial charge >= 0.3 is 5.97 Å². The van der Waals surface area contributed by atoms with Crippen LogP contribution < -0.4 is 4.72 Å². The van der Waals surface area contributed by atoms with Gasteiger partial charge in [0.25, 0.3) is 0 Å². The summed E-state index contributed by atoms with van der Waals surface area (Å²) in [5, 5.41) is -1.32. The molecule has 1 aromatic carbocycles. The molecular formula is C23H31ClFNO8S. The first-order valence-corrected chi connectivity index (χ1v) is 12.4. The Morgan fingerprint density at radius 3 is 2.54 bits per heavy atom. The molecule has 2 aliphatic rings. The molecular weight excluding hydrogens is 505 g/mol. The van der Waals surface area contributed by atoms with Crippen molar-refractivity contribution >= 4 is 33.3 Å². The number of carbonyl (C=O) groups is 1. The van der Waals surface area contributed by atoms with Crippen LogP contribution in [0.2, 0.25) is 5.02 Å². The van der Waals surface area contributed by atoms with E-state index in [2.05, 4.69) is 22.3 Å². The molecule has 0 radical (unpaired) electrons. The zero-order chi connectivity index (χ0) is 26.6. The van der Waals surface area contributed by atoms with E-state index < -0.39 is 32.8 Å². The highest BCUT2D eigenvalue weighted by atomic mass is 35.5. The highest BCUT2D eigenvalue weighted by molar-refractivity contribution is 7.93. The molecule has 12 heteroatoms. The Hall–Kier alpha value is -2.20. The van der Waals surface area contributed by atoms with Crippen LogP contribution in [0.25, 0.3) is 0 Å². The van der Waals surface area contributed by atoms with Gasteiger partial charge in [-0.3, -0.25) is 4.72 Å². The molecule has 0 amide bonds. The summed E-state index contributed by atoms with van der Waals surface area (Å²) in [5.74, 6) is -2.60. The fourth-order valence-electron chi connectivity index (χ4n) is 3.47. The Bertz CT molecular complexity index is 1000. The molecule has 1 spiro atoms. The first-order valence-electron chi connectivity index (χ1n) is 10.5. The van der Waals surface area contributed by atoms with E-state index in [1.165, 1.54) is 19.3 Å². The van der Waals surface area contributed by atoms with Gasteiger partial charge in [-0.1, -0.05) is 11.6 Å². The van der Waals surface area contributed by atoms with Crippen molar-refractivity contribution < 1.29 is 41.3 Å². The standard InChI is InChI=1S/C19H23ClFNO7S.C2H6O.C2H2/c1-3-27-18(23)14-9-19(28-11-13(29-19)10-26-2)7-6-17(14)30(24,25)22-16-5-4-12(21)8-15(16)20;1-3-2;1-2/h4-5,8-9,13,17,22H,3,6-7,10-11H2,1-2H3;1-2H3;1-2H. The van der Waals surface area contributed by atoms with Crippen LogP contribution in [0, 0.1) is 18.7 Å². The molecule has 1 saturated heterocycles. The number of carbonyl (C=O) groups excluding carboxylic acids is 1. The van der Waals surface area contributed by atoms with Crippen molar-refractivity contribution in [1.29, 1.82) is 0 Å². The molecule has 0 saturated carbocycles. The van der Waals surface area contributed by atoms with Crippen LogP contribution in [0.3, 0.4) is 0 Å². The van der Waals surface area contributed by atoms with Crippen LogP contribution in [0.1, 0.15) is 19.8 Å². The second kappa shape index (κ2) is 14.4. The van der Waals surface area contributed by atoms with E-state index in [1.54, 1.807) is 21.1 Å². The van der Waals surface area contributed by atoms with E-state index in [0.29, 0.717) is 6.61 Å². The average molecular weight is 536 g/mol. The number of terminal acetylenes is 1. The molecule has 196 valence electrons. The van der Waals surface area contributed by atoms with E-state index in [-0.39, 0.29) is 48.4 Å². The molecule has 1 aliphatic carbocycles. The maximum absolute atomic E-state index is 13.3. The topological polar surface area (TPSA) is 109 Å². The molecule has 0 bridgehead atoms. The van der Waals surface area contributed by atoms with Crippen molar-refractivity contribution in [3.05, 3.63) is 40.7 Å². The van der Waals surface area contributed by atoms with Gasteiger partial charge in [-0.2, -0.15) is 0 Å². The Kier molecular flexibility index (Phi) is 12.7. The van der Waals surface area contributed by atoms with Gasteiger partial charge in [-0.15, -0.1) is 12.8 Å². The molecule has 35 heavy (non-hydrogen) atoms. The van der Waals surface area contributed by atoms with Gasteiger partial charge in [-0.05, 0) is 37.6 Å². The van der Waals surface area contributed by atoms with Gasteiger partial charge in [0.1, 0.15) is 17.2 Å². The Morgan fingerprint density at radius 2 is 1.97 bits per heavy atom. The van der Waals surface area contributed by atoms with Gasteiger partial charge in [0.15, 0.2) is 5.79 Å². The second-order valence-corrected chi connectivity index (χ2v) is 9.62. The van der Waals surface area contributed by atoms with Crippen molar-refractivity contribution in [2.24, 2.45) is 0 Å². The fourth-order valence-corrected chi connectivity index (χ4v) is 5.30. The number of anilines is 1. The van der Waals surface area contributed by atoms with E-state index in [4.69, 9.17) is 30.5 Å². The Balaban J connectivity index is 0.00000114. The number of benzene rings is 1. The highest BCUT2D eigenvalue weighted by Gasteiger charge is 2.48. The van der Waals surface area contributed by atoms with Crippen molar-refractivity contribution in [3.8, 4) is 12.8 Å². The zero-order valence-corrected chi connectivity index (χ0v) is 21.7. The fraction of sp³-hybridized carbons (Fsp3) is 0.522. The number of halogens is 2. The number of rotatable bonds is 7. The number of hydrogen-bond acceptors (Lipinski definition) is 8. The minimum absolute atomic E-state index is 0.00934. The average Bonchev–Trinajstić information content (AvgIpc) is 3.19. The largest absolute Gasteiger partial charge is 0.463 e. The van der Waals surface area contributed by atoms with Gasteiger partial charge < -0.3 is 23.7 Å². The summed E-state index contributed by atoms with van der Waals surface area (Å²) in [7, 11) is 0.666. The molecule has 9 nitrogen and oxygen atoms in total. The summed E-state index contributed by atoms with van der Waals surface area (Å²) in [6.07, 6.45) is 9.29. The van der Waals surface area contributed by atoms with Gasteiger partial charge in [0.05, 0.1) is 36.1 Å². The summed E-state index contributed by atoms with van der Waals surface area (Å²) in [6, 6.07) is 3.29. The van der Waals surface area contributed by atoms with Crippen molar-refractivity contribution in [2.75, 3.05) is 45.9 Å². The quantitative estimate of drug-likeness (QED) is 0.419. The first-order chi connectivity index (χ1) is 16.6. The lowest BCUT2D eigenvalue weighted by Crippen LogP contribution is -2.42. The predicted octanol–water partition coefficient (Wildman–Crippen LogP) is 3.14. The summed E-state index contributed by atoms with van der Waals surface area (Å²) in [4.78, 5) is 12.6. The van der Waals surface area contributed by atoms with Gasteiger partial charge in [-0.25, -0.2) is 17.6 Å². The first kappa shape index (κ1) is 30.8. The monoisotopic (exact) mass is 535 g/mol. The number of sulfonamides is 1. The molecule has 3 rings (SSSR count). The van der Waals surface area contributed by atoms with Crippen molar-refractivity contribution in [3.63, 3.8) is 0 Å². The molecule has 3 unspecified atom stereocenters. The van der Waals surface area contributed by atoms with Gasteiger partial charge in [0, 0.05) is 27.8 Å². The summed E-state index contributed by atoms with van der Waals surface area (Å²) >= 11 is 5.94. The number of esters is 1. The van der Waals surface area contributed by atoms with Crippen LogP contribution in [-0.4, -0.2) is 72.7 Å². The minimum Gasteiger partial charge on any atom is -0.463 e. The summed E-state index contributed by atoms with van der Waals surface area (Å²) in [6.45, 7) is 2.24. The van der Waals surface area contributed by atoms with Crippen LogP contribution >= 0.6 is 11.6 Å². The van der Waals surface area contributed by atoms with E-state index in [0.717, 1.165) is 12.1 Å². The summed E-state index contributed by atoms with van der Waals surface area (Å²) in [5.41, 5.74) is -0.0815. The van der Waals surface area contributed by atoms with Crippen molar-refractivity contribution in [1.82, 2.24) is 0 Å². The lowest BCUT2D eigenvalue weighted by Gasteiger charge is -2.33. The molecule has 1 aromatic rings. The van der Waals surface area contributed by atoms with Crippen LogP contribution in [0.4, 0.5) is 10.1 Å². The van der Waals surface area contributed by atoms with E-state index in [1.807, 2.05) is 0 Å². The number of methoxy groups -OCH3 is 2. The highest BCUT2D eigenvalue weighted by Crippen LogP contribution is 2.39. The summed E-state index contributed by atoms with van der Waals surface area (Å²) < 4.78 is 67.8. The SMILES string of the molecule is C#C.CCOC(=O)C1=CC2(CCC1S(=O)(=O)Nc1ccc(F)cc1Cl)OCC(COC)O2.COC. The van der Waals surface area contributed by atoms with E-state index >= 15 is 0 Å². The van der Waals surface area contributed by atoms with Gasteiger partial charge in [0.2, 0.25) is 10.0 Å². The minimum atomic E-state index is -4.12. The lowest BCUT2D eigenvalue weighted by atomic mass is 9.94. The molecule has 1 aliphatic heterocycles. The molecule has 1 N–H and O–H groups in total. The smallest absolute Gasteiger partial charge is 0.335 e. The molecule has 1 heterocycles. The third-order valence-corrected chi connectivity index (χ3v) is 6.83. The molecule has 0 aromatic heterocycles. The third kappa shape index (κ3) is 8.45. The van der Waals surface area contributed by atoms with Crippen molar-refractivity contribution in [2.45, 2.75) is 36.9 Å². The third-order valence-electron chi connectivity index (χ3n) is 4.78. The number of ether oxygens (including phenoxy) is 5. The lowest BCUT2D eigenvalue weighted by molar-refractivity contribution is -0.149.